The molecule has 2 nitrogen and oxygen atoms in total. The summed E-state index contributed by atoms with van der Waals surface area (Å²) >= 11 is 0. The Morgan fingerprint density at radius 1 is 0.882 bits per heavy atom. The van der Waals surface area contributed by atoms with Crippen molar-refractivity contribution < 1.29 is 10.2 Å². The van der Waals surface area contributed by atoms with Gasteiger partial charge in [0.2, 0.25) is 0 Å². The lowest BCUT2D eigenvalue weighted by Gasteiger charge is -2.33. The van der Waals surface area contributed by atoms with E-state index in [2.05, 4.69) is 0 Å². The Labute approximate surface area is 102 Å². The first-order valence-corrected chi connectivity index (χ1v) is 5.87. The summed E-state index contributed by atoms with van der Waals surface area (Å²) in [6.45, 7) is 3.89. The molecule has 0 saturated carbocycles. The number of aliphatic hydroxyl groups is 2. The summed E-state index contributed by atoms with van der Waals surface area (Å²) in [4.78, 5) is 0. The van der Waals surface area contributed by atoms with Crippen molar-refractivity contribution in [3.05, 3.63) is 60.2 Å². The van der Waals surface area contributed by atoms with Crippen LogP contribution in [-0.2, 0) is 5.60 Å². The Balaban J connectivity index is 2.32. The molecule has 2 heteroatoms. The molecule has 1 aliphatic rings. The molecule has 0 aliphatic heterocycles. The zero-order valence-corrected chi connectivity index (χ0v) is 10.2. The predicted molar refractivity (Wildman–Crippen MR) is 68.4 cm³/mol. The summed E-state index contributed by atoms with van der Waals surface area (Å²) in [5.41, 5.74) is -1.26. The van der Waals surface area contributed by atoms with Crippen LogP contribution in [0.5, 0.6) is 0 Å². The van der Waals surface area contributed by atoms with Crippen molar-refractivity contribution >= 4 is 0 Å². The Morgan fingerprint density at radius 2 is 1.41 bits per heavy atom. The van der Waals surface area contributed by atoms with Crippen molar-refractivity contribution in [3.63, 3.8) is 0 Å². The third kappa shape index (κ3) is 2.19. The normalized spacial score (nSPS) is 32.1. The Kier molecular flexibility index (Phi) is 2.94. The molecule has 0 heterocycles. The van der Waals surface area contributed by atoms with E-state index in [1.165, 1.54) is 0 Å². The monoisotopic (exact) mass is 230 g/mol. The molecule has 0 fully saturated rings. The highest BCUT2D eigenvalue weighted by molar-refractivity contribution is 5.38. The molecule has 17 heavy (non-hydrogen) atoms. The minimum Gasteiger partial charge on any atom is -0.381 e. The largest absolute Gasteiger partial charge is 0.381 e. The highest BCUT2D eigenvalue weighted by Crippen LogP contribution is 2.33. The van der Waals surface area contributed by atoms with Gasteiger partial charge < -0.3 is 10.2 Å². The SMILES string of the molecule is CC(C)C1(O)C=CC(O)(c2ccccc2)C=C1. The van der Waals surface area contributed by atoms with Crippen LogP contribution in [0.2, 0.25) is 0 Å². The molecule has 1 aliphatic carbocycles. The highest BCUT2D eigenvalue weighted by atomic mass is 16.3. The van der Waals surface area contributed by atoms with E-state index in [1.54, 1.807) is 24.3 Å². The molecule has 0 radical (unpaired) electrons. The number of rotatable bonds is 2. The van der Waals surface area contributed by atoms with Crippen molar-refractivity contribution in [2.45, 2.75) is 25.0 Å². The van der Waals surface area contributed by atoms with Gasteiger partial charge in [0.05, 0.1) is 0 Å². The van der Waals surface area contributed by atoms with E-state index in [4.69, 9.17) is 0 Å². The Hall–Kier alpha value is -1.38. The molecule has 1 aromatic carbocycles. The molecule has 1 aromatic rings. The maximum absolute atomic E-state index is 10.5. The molecular weight excluding hydrogens is 212 g/mol. The molecule has 0 saturated heterocycles. The second-order valence-electron chi connectivity index (χ2n) is 4.90. The van der Waals surface area contributed by atoms with Gasteiger partial charge in [0.15, 0.2) is 0 Å². The van der Waals surface area contributed by atoms with Crippen LogP contribution in [0.1, 0.15) is 19.4 Å². The van der Waals surface area contributed by atoms with Crippen LogP contribution < -0.4 is 0 Å². The van der Waals surface area contributed by atoms with E-state index < -0.39 is 11.2 Å². The summed E-state index contributed by atoms with van der Waals surface area (Å²) in [6.07, 6.45) is 6.65. The summed E-state index contributed by atoms with van der Waals surface area (Å²) in [5, 5.41) is 20.7. The van der Waals surface area contributed by atoms with Crippen molar-refractivity contribution in [3.8, 4) is 0 Å². The Morgan fingerprint density at radius 3 is 1.88 bits per heavy atom. The lowest BCUT2D eigenvalue weighted by Crippen LogP contribution is -2.35. The van der Waals surface area contributed by atoms with Crippen LogP contribution in [-0.4, -0.2) is 15.8 Å². The molecule has 2 rings (SSSR count). The van der Waals surface area contributed by atoms with Crippen LogP contribution in [0.25, 0.3) is 0 Å². The van der Waals surface area contributed by atoms with Crippen LogP contribution in [0.15, 0.2) is 54.6 Å². The Bertz CT molecular complexity index is 429. The van der Waals surface area contributed by atoms with Gasteiger partial charge in [-0.15, -0.1) is 0 Å². The second-order valence-corrected chi connectivity index (χ2v) is 4.90. The van der Waals surface area contributed by atoms with Crippen LogP contribution >= 0.6 is 0 Å². The molecule has 0 atom stereocenters. The van der Waals surface area contributed by atoms with Gasteiger partial charge in [0, 0.05) is 0 Å². The number of hydrogen-bond donors (Lipinski definition) is 2. The molecular formula is C15H18O2. The van der Waals surface area contributed by atoms with Crippen molar-refractivity contribution in [1.29, 1.82) is 0 Å². The van der Waals surface area contributed by atoms with Gasteiger partial charge in [-0.3, -0.25) is 0 Å². The predicted octanol–water partition coefficient (Wildman–Crippen LogP) is 2.39. The van der Waals surface area contributed by atoms with Gasteiger partial charge in [-0.25, -0.2) is 0 Å². The van der Waals surface area contributed by atoms with Gasteiger partial charge in [-0.1, -0.05) is 44.2 Å². The highest BCUT2D eigenvalue weighted by Gasteiger charge is 2.33. The maximum atomic E-state index is 10.5. The molecule has 0 bridgehead atoms. The number of benzene rings is 1. The number of hydrogen-bond acceptors (Lipinski definition) is 2. The van der Waals surface area contributed by atoms with E-state index >= 15 is 0 Å². The zero-order chi connectivity index (χ0) is 12.5. The fraction of sp³-hybridized carbons (Fsp3) is 0.333. The van der Waals surface area contributed by atoms with Gasteiger partial charge >= 0.3 is 0 Å². The first-order chi connectivity index (χ1) is 7.96. The van der Waals surface area contributed by atoms with E-state index in [0.717, 1.165) is 5.56 Å². The summed E-state index contributed by atoms with van der Waals surface area (Å²) < 4.78 is 0. The molecule has 0 spiro atoms. The minimum absolute atomic E-state index is 0.0790. The average molecular weight is 230 g/mol. The van der Waals surface area contributed by atoms with E-state index in [-0.39, 0.29) is 5.92 Å². The van der Waals surface area contributed by atoms with Crippen LogP contribution in [0.4, 0.5) is 0 Å². The molecule has 0 unspecified atom stereocenters. The third-order valence-corrected chi connectivity index (χ3v) is 3.37. The first-order valence-electron chi connectivity index (χ1n) is 5.87. The first kappa shape index (κ1) is 12.1. The second kappa shape index (κ2) is 4.13. The van der Waals surface area contributed by atoms with Gasteiger partial charge in [0.1, 0.15) is 11.2 Å². The van der Waals surface area contributed by atoms with Crippen LogP contribution in [0.3, 0.4) is 0 Å². The summed E-state index contributed by atoms with van der Waals surface area (Å²) in [6, 6.07) is 9.42. The van der Waals surface area contributed by atoms with E-state index in [0.29, 0.717) is 0 Å². The smallest absolute Gasteiger partial charge is 0.127 e. The van der Waals surface area contributed by atoms with Crippen molar-refractivity contribution in [2.24, 2.45) is 5.92 Å². The topological polar surface area (TPSA) is 40.5 Å². The van der Waals surface area contributed by atoms with E-state index in [9.17, 15) is 10.2 Å². The standard InChI is InChI=1S/C15H18O2/c1-12(2)14(16)8-10-15(17,11-9-14)13-6-4-3-5-7-13/h3-12,16-17H,1-2H3. The van der Waals surface area contributed by atoms with Crippen molar-refractivity contribution in [1.82, 2.24) is 0 Å². The molecule has 0 amide bonds. The van der Waals surface area contributed by atoms with Gasteiger partial charge in [0.25, 0.3) is 0 Å². The summed E-state index contributed by atoms with van der Waals surface area (Å²) in [7, 11) is 0. The quantitative estimate of drug-likeness (QED) is 0.766. The zero-order valence-electron chi connectivity index (χ0n) is 10.2. The van der Waals surface area contributed by atoms with Crippen molar-refractivity contribution in [2.75, 3.05) is 0 Å². The molecule has 90 valence electrons. The lowest BCUT2D eigenvalue weighted by atomic mass is 9.80. The minimum atomic E-state index is -1.11. The molecule has 2 N–H and O–H groups in total. The summed E-state index contributed by atoms with van der Waals surface area (Å²) in [5.74, 6) is 0.0790. The average Bonchev–Trinajstić information content (AvgIpc) is 2.34. The maximum Gasteiger partial charge on any atom is 0.127 e. The fourth-order valence-electron chi connectivity index (χ4n) is 1.91. The fourth-order valence-corrected chi connectivity index (χ4v) is 1.91. The van der Waals surface area contributed by atoms with Crippen LogP contribution in [0, 0.1) is 5.92 Å². The van der Waals surface area contributed by atoms with E-state index in [1.807, 2.05) is 44.2 Å². The lowest BCUT2D eigenvalue weighted by molar-refractivity contribution is 0.0739. The van der Waals surface area contributed by atoms with Gasteiger partial charge in [-0.05, 0) is 35.8 Å². The third-order valence-electron chi connectivity index (χ3n) is 3.37. The van der Waals surface area contributed by atoms with Gasteiger partial charge in [-0.2, -0.15) is 0 Å². The molecule has 0 aromatic heterocycles.